The number of anilines is 1. The Labute approximate surface area is 99.5 Å². The van der Waals surface area contributed by atoms with E-state index < -0.39 is 21.7 Å². The lowest BCUT2D eigenvalue weighted by molar-refractivity contribution is -0.134. The van der Waals surface area contributed by atoms with Crippen molar-refractivity contribution in [2.45, 2.75) is 19.3 Å². The van der Waals surface area contributed by atoms with Gasteiger partial charge in [-0.05, 0) is 42.5 Å². The van der Waals surface area contributed by atoms with Crippen molar-refractivity contribution in [3.05, 3.63) is 29.3 Å². The third kappa shape index (κ3) is 2.97. The molecule has 0 aliphatic heterocycles. The van der Waals surface area contributed by atoms with Crippen LogP contribution >= 0.6 is 0 Å². The van der Waals surface area contributed by atoms with Crippen molar-refractivity contribution in [3.63, 3.8) is 0 Å². The molecule has 0 saturated carbocycles. The van der Waals surface area contributed by atoms with Crippen molar-refractivity contribution in [2.75, 3.05) is 10.5 Å². The van der Waals surface area contributed by atoms with Crippen LogP contribution in [0.15, 0.2) is 18.2 Å². The molecule has 0 radical (unpaired) electrons. The van der Waals surface area contributed by atoms with E-state index in [-0.39, 0.29) is 0 Å². The maximum absolute atomic E-state index is 11.4. The Morgan fingerprint density at radius 1 is 1.29 bits per heavy atom. The number of rotatable bonds is 4. The number of aryl methyl sites for hydroxylation is 2. The molecule has 0 aromatic heterocycles. The quantitative estimate of drug-likeness (QED) is 0.840. The van der Waals surface area contributed by atoms with E-state index in [1.165, 1.54) is 5.56 Å². The second-order valence-electron chi connectivity index (χ2n) is 4.09. The molecule has 0 bridgehead atoms. The minimum Gasteiger partial charge on any atom is -0.480 e. The van der Waals surface area contributed by atoms with E-state index in [0.29, 0.717) is 5.69 Å². The number of sulfonamides is 1. The minimum absolute atomic E-state index is 0.437. The fraction of sp³-hybridized carbons (Fsp3) is 0.364. The summed E-state index contributed by atoms with van der Waals surface area (Å²) in [5.41, 5.74) is 2.82. The molecule has 0 fully saturated rings. The van der Waals surface area contributed by atoms with E-state index in [1.807, 2.05) is 6.07 Å². The largest absolute Gasteiger partial charge is 0.480 e. The molecule has 5 nitrogen and oxygen atoms in total. The Morgan fingerprint density at radius 2 is 2.00 bits per heavy atom. The molecule has 2 rings (SSSR count). The third-order valence-corrected chi connectivity index (χ3v) is 3.86. The first-order valence-electron chi connectivity index (χ1n) is 5.30. The molecule has 1 aliphatic rings. The van der Waals surface area contributed by atoms with Gasteiger partial charge in [-0.2, -0.15) is 0 Å². The van der Waals surface area contributed by atoms with E-state index in [2.05, 4.69) is 4.72 Å². The van der Waals surface area contributed by atoms with Crippen molar-refractivity contribution in [1.29, 1.82) is 0 Å². The van der Waals surface area contributed by atoms with Crippen LogP contribution in [0.2, 0.25) is 0 Å². The van der Waals surface area contributed by atoms with Crippen molar-refractivity contribution < 1.29 is 18.3 Å². The Bertz CT molecular complexity index is 551. The number of benzene rings is 1. The van der Waals surface area contributed by atoms with Crippen LogP contribution in [-0.2, 0) is 27.7 Å². The van der Waals surface area contributed by atoms with Gasteiger partial charge in [-0.25, -0.2) is 8.42 Å². The number of nitrogens with one attached hydrogen (secondary N) is 1. The van der Waals surface area contributed by atoms with Gasteiger partial charge in [0.15, 0.2) is 5.75 Å². The van der Waals surface area contributed by atoms with Gasteiger partial charge in [0.1, 0.15) is 0 Å². The van der Waals surface area contributed by atoms with Gasteiger partial charge in [0.05, 0.1) is 0 Å². The number of carboxylic acid groups (broad SMARTS) is 1. The molecule has 17 heavy (non-hydrogen) atoms. The van der Waals surface area contributed by atoms with Gasteiger partial charge in [0.25, 0.3) is 0 Å². The molecule has 0 amide bonds. The van der Waals surface area contributed by atoms with Gasteiger partial charge >= 0.3 is 5.97 Å². The number of hydrogen-bond donors (Lipinski definition) is 2. The summed E-state index contributed by atoms with van der Waals surface area (Å²) in [4.78, 5) is 10.4. The molecule has 1 aromatic rings. The predicted molar refractivity (Wildman–Crippen MR) is 63.5 cm³/mol. The first kappa shape index (κ1) is 11.9. The van der Waals surface area contributed by atoms with Gasteiger partial charge < -0.3 is 5.11 Å². The number of aliphatic carboxylic acids is 1. The lowest BCUT2D eigenvalue weighted by Gasteiger charge is -2.07. The van der Waals surface area contributed by atoms with Gasteiger partial charge in [-0.1, -0.05) is 6.07 Å². The summed E-state index contributed by atoms with van der Waals surface area (Å²) in [5, 5.41) is 8.46. The van der Waals surface area contributed by atoms with Crippen LogP contribution in [0.1, 0.15) is 17.5 Å². The highest BCUT2D eigenvalue weighted by molar-refractivity contribution is 7.93. The zero-order valence-corrected chi connectivity index (χ0v) is 9.96. The lowest BCUT2D eigenvalue weighted by atomic mass is 10.1. The van der Waals surface area contributed by atoms with Gasteiger partial charge in [-0.15, -0.1) is 0 Å². The highest BCUT2D eigenvalue weighted by Crippen LogP contribution is 2.25. The number of carboxylic acids is 1. The van der Waals surface area contributed by atoms with Crippen LogP contribution in [0.25, 0.3) is 0 Å². The van der Waals surface area contributed by atoms with E-state index in [0.717, 1.165) is 24.8 Å². The summed E-state index contributed by atoms with van der Waals surface area (Å²) in [6.45, 7) is 0. The van der Waals surface area contributed by atoms with E-state index in [9.17, 15) is 13.2 Å². The van der Waals surface area contributed by atoms with Crippen LogP contribution in [0.3, 0.4) is 0 Å². The fourth-order valence-electron chi connectivity index (χ4n) is 2.01. The predicted octanol–water partition coefficient (Wildman–Crippen LogP) is 1.00. The second kappa shape index (κ2) is 4.37. The lowest BCUT2D eigenvalue weighted by Crippen LogP contribution is -2.22. The molecule has 2 N–H and O–H groups in total. The molecular formula is C11H13NO4S. The third-order valence-electron chi connectivity index (χ3n) is 2.69. The Balaban J connectivity index is 2.17. The van der Waals surface area contributed by atoms with Crippen molar-refractivity contribution >= 4 is 21.7 Å². The number of carbonyl (C=O) groups is 1. The molecular weight excluding hydrogens is 242 g/mol. The van der Waals surface area contributed by atoms with E-state index >= 15 is 0 Å². The Morgan fingerprint density at radius 3 is 2.71 bits per heavy atom. The topological polar surface area (TPSA) is 83.5 Å². The normalized spacial score (nSPS) is 14.4. The molecule has 0 saturated heterocycles. The molecule has 1 aromatic carbocycles. The number of hydrogen-bond acceptors (Lipinski definition) is 3. The van der Waals surface area contributed by atoms with Gasteiger partial charge in [-0.3, -0.25) is 9.52 Å². The van der Waals surface area contributed by atoms with Crippen LogP contribution in [0.4, 0.5) is 5.69 Å². The molecule has 0 unspecified atom stereocenters. The second-order valence-corrected chi connectivity index (χ2v) is 5.81. The zero-order chi connectivity index (χ0) is 12.5. The van der Waals surface area contributed by atoms with Crippen LogP contribution in [0.5, 0.6) is 0 Å². The van der Waals surface area contributed by atoms with Crippen LogP contribution < -0.4 is 4.72 Å². The molecule has 0 spiro atoms. The van der Waals surface area contributed by atoms with Gasteiger partial charge in [0.2, 0.25) is 10.0 Å². The maximum atomic E-state index is 11.4. The first-order chi connectivity index (χ1) is 7.96. The van der Waals surface area contributed by atoms with Crippen LogP contribution in [0, 0.1) is 0 Å². The average Bonchev–Trinajstić information content (AvgIpc) is 2.61. The average molecular weight is 255 g/mol. The van der Waals surface area contributed by atoms with Gasteiger partial charge in [0, 0.05) is 5.69 Å². The summed E-state index contributed by atoms with van der Waals surface area (Å²) < 4.78 is 25.1. The van der Waals surface area contributed by atoms with Crippen molar-refractivity contribution in [1.82, 2.24) is 0 Å². The Hall–Kier alpha value is -1.56. The van der Waals surface area contributed by atoms with Crippen molar-refractivity contribution in [3.8, 4) is 0 Å². The smallest absolute Gasteiger partial charge is 0.320 e. The molecule has 0 heterocycles. The standard InChI is InChI=1S/C11H13NO4S/c13-11(14)7-17(15,16)12-10-5-4-8-2-1-3-9(8)6-10/h4-6,12H,1-3,7H2,(H,13,14). The molecule has 6 heteroatoms. The summed E-state index contributed by atoms with van der Waals surface area (Å²) in [6.07, 6.45) is 3.06. The molecule has 1 aliphatic carbocycles. The monoisotopic (exact) mass is 255 g/mol. The van der Waals surface area contributed by atoms with E-state index in [1.54, 1.807) is 12.1 Å². The van der Waals surface area contributed by atoms with E-state index in [4.69, 9.17) is 5.11 Å². The zero-order valence-electron chi connectivity index (χ0n) is 9.14. The summed E-state index contributed by atoms with van der Waals surface area (Å²) >= 11 is 0. The molecule has 0 atom stereocenters. The van der Waals surface area contributed by atoms with Crippen LogP contribution in [-0.4, -0.2) is 25.2 Å². The highest BCUT2D eigenvalue weighted by Gasteiger charge is 2.17. The summed E-state index contributed by atoms with van der Waals surface area (Å²) in [6, 6.07) is 5.34. The Kier molecular flexibility index (Phi) is 3.06. The highest BCUT2D eigenvalue weighted by atomic mass is 32.2. The molecule has 92 valence electrons. The van der Waals surface area contributed by atoms with Crippen molar-refractivity contribution in [2.24, 2.45) is 0 Å². The summed E-state index contributed by atoms with van der Waals surface area (Å²) in [5.74, 6) is -2.27. The summed E-state index contributed by atoms with van der Waals surface area (Å²) in [7, 11) is -3.80. The maximum Gasteiger partial charge on any atom is 0.320 e. The number of fused-ring (bicyclic) bond motifs is 1. The fourth-order valence-corrected chi connectivity index (χ4v) is 2.90. The SMILES string of the molecule is O=C(O)CS(=O)(=O)Nc1ccc2c(c1)CCC2. The minimum atomic E-state index is -3.80. The first-order valence-corrected chi connectivity index (χ1v) is 6.95.